The van der Waals surface area contributed by atoms with Crippen molar-refractivity contribution in [2.24, 2.45) is 12.5 Å². The molecular formula is C26H33F2N5O3. The predicted molar refractivity (Wildman–Crippen MR) is 131 cm³/mol. The number of benzene rings is 1. The summed E-state index contributed by atoms with van der Waals surface area (Å²) in [7, 11) is 1.92. The topological polar surface area (TPSA) is 95.1 Å². The molecule has 0 spiro atoms. The van der Waals surface area contributed by atoms with Crippen molar-refractivity contribution in [1.29, 1.82) is 0 Å². The molecule has 0 saturated carbocycles. The minimum atomic E-state index is -3.29. The van der Waals surface area contributed by atoms with E-state index in [0.717, 1.165) is 24.8 Å². The average molecular weight is 502 g/mol. The van der Waals surface area contributed by atoms with E-state index in [1.54, 1.807) is 33.8 Å². The summed E-state index contributed by atoms with van der Waals surface area (Å²) < 4.78 is 42.2. The van der Waals surface area contributed by atoms with Gasteiger partial charge >= 0.3 is 6.09 Å². The number of fused-ring (bicyclic) bond motifs is 1. The van der Waals surface area contributed by atoms with Gasteiger partial charge in [0.25, 0.3) is 11.8 Å². The summed E-state index contributed by atoms with van der Waals surface area (Å²) in [5.41, 5.74) is 3.09. The Hall–Kier alpha value is -3.30. The third-order valence-electron chi connectivity index (χ3n) is 6.33. The second kappa shape index (κ2) is 8.97. The van der Waals surface area contributed by atoms with Crippen LogP contribution >= 0.6 is 0 Å². The zero-order chi connectivity index (χ0) is 26.5. The Kier molecular flexibility index (Phi) is 6.43. The molecule has 2 aromatic heterocycles. The van der Waals surface area contributed by atoms with Crippen LogP contribution in [0, 0.1) is 12.3 Å². The van der Waals surface area contributed by atoms with E-state index in [2.05, 4.69) is 34.4 Å². The average Bonchev–Trinajstić information content (AvgIpc) is 3.35. The van der Waals surface area contributed by atoms with Crippen molar-refractivity contribution in [3.8, 4) is 23.0 Å². The van der Waals surface area contributed by atoms with Gasteiger partial charge in [0.1, 0.15) is 5.60 Å². The number of rotatable bonds is 5. The highest BCUT2D eigenvalue weighted by Gasteiger charge is 2.35. The van der Waals surface area contributed by atoms with E-state index in [1.165, 1.54) is 17.8 Å². The fraction of sp³-hybridized carbons (Fsp3) is 0.538. The third kappa shape index (κ3) is 5.42. The normalized spacial score (nSPS) is 15.5. The summed E-state index contributed by atoms with van der Waals surface area (Å²) in [5, 5.41) is 10.9. The maximum atomic E-state index is 14.9. The molecule has 0 aliphatic heterocycles. The number of amides is 1. The van der Waals surface area contributed by atoms with Crippen LogP contribution in [0.5, 0.6) is 0 Å². The van der Waals surface area contributed by atoms with Gasteiger partial charge in [-0.3, -0.25) is 4.68 Å². The minimum absolute atomic E-state index is 0.201. The summed E-state index contributed by atoms with van der Waals surface area (Å²) >= 11 is 0. The number of hydrogen-bond donors (Lipinski definition) is 1. The number of carbonyl (C=O) groups excluding carboxylic acids is 1. The summed E-state index contributed by atoms with van der Waals surface area (Å²) in [5.74, 6) is -2.68. The fourth-order valence-electron chi connectivity index (χ4n) is 4.51. The molecule has 0 radical (unpaired) electrons. The van der Waals surface area contributed by atoms with Crippen molar-refractivity contribution in [3.63, 3.8) is 0 Å². The molecule has 1 aliphatic carbocycles. The SMILES string of the molecule is Cc1cc(-c2noc(-c3nn(C)c4c3CCC(C)(C)C4)n2)ccc1C(F)(F)CNC(=O)OC(C)(C)C. The van der Waals surface area contributed by atoms with Gasteiger partial charge in [-0.05, 0) is 64.0 Å². The molecule has 1 amide bonds. The molecule has 3 aromatic rings. The molecule has 2 heterocycles. The van der Waals surface area contributed by atoms with E-state index in [1.807, 2.05) is 11.7 Å². The van der Waals surface area contributed by atoms with Crippen molar-refractivity contribution in [3.05, 3.63) is 40.6 Å². The summed E-state index contributed by atoms with van der Waals surface area (Å²) in [6, 6.07) is 4.43. The Labute approximate surface area is 209 Å². The number of alkyl halides is 2. The molecule has 0 unspecified atom stereocenters. The van der Waals surface area contributed by atoms with Crippen LogP contribution in [-0.2, 0) is 30.5 Å². The number of nitrogens with one attached hydrogen (secondary N) is 1. The fourth-order valence-corrected chi connectivity index (χ4v) is 4.51. The highest BCUT2D eigenvalue weighted by atomic mass is 19.3. The van der Waals surface area contributed by atoms with Crippen LogP contribution in [0.4, 0.5) is 13.6 Å². The van der Waals surface area contributed by atoms with E-state index < -0.39 is 24.2 Å². The van der Waals surface area contributed by atoms with Crippen molar-refractivity contribution in [1.82, 2.24) is 25.2 Å². The molecule has 1 N–H and O–H groups in total. The van der Waals surface area contributed by atoms with E-state index in [-0.39, 0.29) is 11.0 Å². The Morgan fingerprint density at radius 2 is 2.00 bits per heavy atom. The number of nitrogens with zero attached hydrogens (tertiary/aromatic N) is 4. The number of ether oxygens (including phenoxy) is 1. The van der Waals surface area contributed by atoms with Crippen LogP contribution < -0.4 is 5.32 Å². The van der Waals surface area contributed by atoms with Gasteiger partial charge in [-0.25, -0.2) is 4.79 Å². The summed E-state index contributed by atoms with van der Waals surface area (Å²) in [6.07, 6.45) is 1.95. The lowest BCUT2D eigenvalue weighted by atomic mass is 9.76. The van der Waals surface area contributed by atoms with Gasteiger partial charge in [-0.15, -0.1) is 0 Å². The second-order valence-electron chi connectivity index (χ2n) is 11.3. The largest absolute Gasteiger partial charge is 0.444 e. The van der Waals surface area contributed by atoms with Gasteiger partial charge in [-0.2, -0.15) is 18.9 Å². The number of hydrogen-bond acceptors (Lipinski definition) is 6. The molecular weight excluding hydrogens is 468 g/mol. The van der Waals surface area contributed by atoms with E-state index in [4.69, 9.17) is 9.26 Å². The van der Waals surface area contributed by atoms with Gasteiger partial charge < -0.3 is 14.6 Å². The van der Waals surface area contributed by atoms with E-state index in [0.29, 0.717) is 28.5 Å². The van der Waals surface area contributed by atoms with Gasteiger partial charge in [0.15, 0.2) is 5.69 Å². The van der Waals surface area contributed by atoms with Crippen molar-refractivity contribution >= 4 is 6.09 Å². The summed E-state index contributed by atoms with van der Waals surface area (Å²) in [4.78, 5) is 16.3. The smallest absolute Gasteiger partial charge is 0.407 e. The van der Waals surface area contributed by atoms with Gasteiger partial charge in [0, 0.05) is 29.4 Å². The zero-order valence-electron chi connectivity index (χ0n) is 21.8. The molecule has 36 heavy (non-hydrogen) atoms. The van der Waals surface area contributed by atoms with Crippen LogP contribution in [0.2, 0.25) is 0 Å². The Balaban J connectivity index is 1.53. The maximum absolute atomic E-state index is 14.9. The lowest BCUT2D eigenvalue weighted by Gasteiger charge is -2.29. The minimum Gasteiger partial charge on any atom is -0.444 e. The maximum Gasteiger partial charge on any atom is 0.407 e. The van der Waals surface area contributed by atoms with E-state index in [9.17, 15) is 13.6 Å². The molecule has 4 rings (SSSR count). The number of alkyl carbamates (subject to hydrolysis) is 1. The van der Waals surface area contributed by atoms with Crippen LogP contribution in [0.3, 0.4) is 0 Å². The van der Waals surface area contributed by atoms with Gasteiger partial charge in [0.2, 0.25) is 5.82 Å². The summed E-state index contributed by atoms with van der Waals surface area (Å²) in [6.45, 7) is 10.2. The molecule has 194 valence electrons. The standard InChI is InChI=1S/C26H33F2N5O3/c1-15-12-16(8-9-18(15)26(27,28)14-29-23(34)35-24(2,3)4)21-30-22(36-32-21)20-17-10-11-25(5,6)13-19(17)33(7)31-20/h8-9,12H,10-11,13-14H2,1-7H3,(H,29,34). The van der Waals surface area contributed by atoms with Gasteiger partial charge in [-0.1, -0.05) is 31.1 Å². The first kappa shape index (κ1) is 25.8. The third-order valence-corrected chi connectivity index (χ3v) is 6.33. The van der Waals surface area contributed by atoms with Crippen molar-refractivity contribution in [2.45, 2.75) is 72.3 Å². The van der Waals surface area contributed by atoms with Crippen LogP contribution in [0.25, 0.3) is 23.0 Å². The number of aromatic nitrogens is 4. The number of halogens is 2. The molecule has 0 atom stereocenters. The lowest BCUT2D eigenvalue weighted by molar-refractivity contribution is -0.00963. The molecule has 0 bridgehead atoms. The van der Waals surface area contributed by atoms with Crippen LogP contribution in [0.1, 0.15) is 63.4 Å². The van der Waals surface area contributed by atoms with E-state index >= 15 is 0 Å². The first-order valence-electron chi connectivity index (χ1n) is 12.0. The highest BCUT2D eigenvalue weighted by molar-refractivity contribution is 5.68. The van der Waals surface area contributed by atoms with Crippen molar-refractivity contribution in [2.75, 3.05) is 6.54 Å². The Bertz CT molecular complexity index is 1290. The molecule has 0 saturated heterocycles. The van der Waals surface area contributed by atoms with Crippen molar-refractivity contribution < 1.29 is 22.8 Å². The first-order valence-corrected chi connectivity index (χ1v) is 12.0. The first-order chi connectivity index (χ1) is 16.7. The Morgan fingerprint density at radius 1 is 1.28 bits per heavy atom. The predicted octanol–water partition coefficient (Wildman–Crippen LogP) is 5.58. The monoisotopic (exact) mass is 501 g/mol. The number of aryl methyl sites for hydroxylation is 2. The molecule has 8 nitrogen and oxygen atoms in total. The zero-order valence-corrected chi connectivity index (χ0v) is 21.8. The van der Waals surface area contributed by atoms with Crippen LogP contribution in [-0.4, -0.2) is 38.2 Å². The quantitative estimate of drug-likeness (QED) is 0.491. The molecule has 1 aliphatic rings. The highest BCUT2D eigenvalue weighted by Crippen LogP contribution is 2.39. The Morgan fingerprint density at radius 3 is 2.67 bits per heavy atom. The lowest BCUT2D eigenvalue weighted by Crippen LogP contribution is -2.38. The second-order valence-corrected chi connectivity index (χ2v) is 11.3. The molecule has 1 aromatic carbocycles. The number of carbonyl (C=O) groups is 1. The van der Waals surface area contributed by atoms with Gasteiger partial charge in [0.05, 0.1) is 6.54 Å². The van der Waals surface area contributed by atoms with Crippen LogP contribution in [0.15, 0.2) is 22.7 Å². The molecule has 10 heteroatoms. The molecule has 0 fully saturated rings.